The maximum absolute atomic E-state index is 12.3. The zero-order valence-corrected chi connectivity index (χ0v) is 16.7. The third kappa shape index (κ3) is 4.93. The van der Waals surface area contributed by atoms with Gasteiger partial charge in [0.05, 0.1) is 6.42 Å². The van der Waals surface area contributed by atoms with E-state index >= 15 is 0 Å². The number of aromatic nitrogens is 2. The molecular formula is C20H16Cl2N4O3. The highest BCUT2D eigenvalue weighted by molar-refractivity contribution is 6.39. The van der Waals surface area contributed by atoms with E-state index in [1.54, 1.807) is 36.4 Å². The second kappa shape index (κ2) is 8.63. The van der Waals surface area contributed by atoms with Gasteiger partial charge in [-0.3, -0.25) is 4.79 Å². The molecule has 7 nitrogen and oxygen atoms in total. The summed E-state index contributed by atoms with van der Waals surface area (Å²) in [5.41, 5.74) is 2.01. The zero-order chi connectivity index (χ0) is 20.2. The zero-order valence-electron chi connectivity index (χ0n) is 15.1. The van der Waals surface area contributed by atoms with Gasteiger partial charge in [-0.05, 0) is 42.0 Å². The molecule has 3 aromatic rings. The molecule has 1 atom stereocenters. The van der Waals surface area contributed by atoms with Crippen molar-refractivity contribution in [3.63, 3.8) is 0 Å². The number of nitrogens with zero attached hydrogens (tertiary/aromatic N) is 3. The number of hydrogen-bond donors (Lipinski definition) is 1. The fraction of sp³-hybridized carbons (Fsp3) is 0.200. The van der Waals surface area contributed by atoms with E-state index in [0.29, 0.717) is 46.9 Å². The minimum Gasteiger partial charge on any atom is -0.391 e. The summed E-state index contributed by atoms with van der Waals surface area (Å²) in [4.78, 5) is 22.0. The van der Waals surface area contributed by atoms with Crippen LogP contribution in [0.25, 0.3) is 11.5 Å². The Bertz CT molecular complexity index is 1050. The number of hydrogen-bond acceptors (Lipinski definition) is 6. The predicted molar refractivity (Wildman–Crippen MR) is 109 cm³/mol. The second-order valence-corrected chi connectivity index (χ2v) is 7.38. The maximum Gasteiger partial charge on any atom is 0.269 e. The summed E-state index contributed by atoms with van der Waals surface area (Å²) in [6, 6.07) is 14.4. The number of amides is 1. The Morgan fingerprint density at radius 3 is 2.76 bits per heavy atom. The van der Waals surface area contributed by atoms with Gasteiger partial charge in [0.25, 0.3) is 11.8 Å². The molecule has 0 saturated carbocycles. The number of carbonyl (C=O) groups is 1. The van der Waals surface area contributed by atoms with E-state index in [-0.39, 0.29) is 12.0 Å². The Kier molecular flexibility index (Phi) is 5.78. The second-order valence-electron chi connectivity index (χ2n) is 6.51. The van der Waals surface area contributed by atoms with E-state index in [0.717, 1.165) is 11.1 Å². The molecule has 1 aromatic heterocycles. The fourth-order valence-corrected chi connectivity index (χ4v) is 3.19. The molecule has 2 heterocycles. The minimum absolute atomic E-state index is 0.276. The van der Waals surface area contributed by atoms with Crippen LogP contribution in [0.15, 0.2) is 58.2 Å². The summed E-state index contributed by atoms with van der Waals surface area (Å²) >= 11 is 11.8. The van der Waals surface area contributed by atoms with Gasteiger partial charge in [0.15, 0.2) is 5.82 Å². The molecule has 1 aliphatic heterocycles. The predicted octanol–water partition coefficient (Wildman–Crippen LogP) is 4.05. The number of benzene rings is 2. The molecule has 4 rings (SSSR count). The van der Waals surface area contributed by atoms with Crippen LogP contribution >= 0.6 is 23.2 Å². The van der Waals surface area contributed by atoms with Crippen LogP contribution in [-0.2, 0) is 22.6 Å². The van der Waals surface area contributed by atoms with Gasteiger partial charge in [0, 0.05) is 28.6 Å². The molecule has 0 radical (unpaired) electrons. The summed E-state index contributed by atoms with van der Waals surface area (Å²) in [5.74, 6) is 0.605. The number of carbonyl (C=O) groups excluding carboxylic acids is 1. The summed E-state index contributed by atoms with van der Waals surface area (Å²) in [6.45, 7) is 0.359. The van der Waals surface area contributed by atoms with Crippen molar-refractivity contribution in [2.24, 2.45) is 5.16 Å². The van der Waals surface area contributed by atoms with Crippen molar-refractivity contribution in [2.75, 3.05) is 0 Å². The van der Waals surface area contributed by atoms with Crippen LogP contribution in [0, 0.1) is 0 Å². The van der Waals surface area contributed by atoms with Crippen LogP contribution in [0.1, 0.15) is 17.8 Å². The van der Waals surface area contributed by atoms with Crippen molar-refractivity contribution in [3.05, 3.63) is 70.0 Å². The molecule has 29 heavy (non-hydrogen) atoms. The molecule has 1 N–H and O–H groups in total. The lowest BCUT2D eigenvalue weighted by molar-refractivity contribution is -0.115. The molecule has 1 aliphatic rings. The van der Waals surface area contributed by atoms with Crippen molar-refractivity contribution in [3.8, 4) is 11.5 Å². The standard InChI is InChI=1S/C20H16Cl2N4O3/c21-14-6-4-13(5-7-14)20-24-18(26-29-20)10-16-9-17(25-28-16)19(27)23-11-12-2-1-3-15(22)8-12/h1-8,16H,9-11H2,(H,23,27)/t16-/m0/s1. The molecule has 148 valence electrons. The van der Waals surface area contributed by atoms with Crippen molar-refractivity contribution >= 4 is 34.8 Å². The van der Waals surface area contributed by atoms with Crippen LogP contribution in [-0.4, -0.2) is 27.9 Å². The Morgan fingerprint density at radius 1 is 1.14 bits per heavy atom. The lowest BCUT2D eigenvalue weighted by atomic mass is 10.1. The molecule has 9 heteroatoms. The molecule has 0 unspecified atom stereocenters. The van der Waals surface area contributed by atoms with Gasteiger partial charge in [-0.2, -0.15) is 4.98 Å². The highest BCUT2D eigenvalue weighted by Gasteiger charge is 2.27. The fourth-order valence-electron chi connectivity index (χ4n) is 2.85. The van der Waals surface area contributed by atoms with Gasteiger partial charge in [-0.15, -0.1) is 0 Å². The van der Waals surface area contributed by atoms with Gasteiger partial charge >= 0.3 is 0 Å². The lowest BCUT2D eigenvalue weighted by Gasteiger charge is -2.05. The Hall–Kier alpha value is -2.90. The van der Waals surface area contributed by atoms with Gasteiger partial charge in [-0.1, -0.05) is 45.6 Å². The van der Waals surface area contributed by atoms with Gasteiger partial charge in [-0.25, -0.2) is 0 Å². The first kappa shape index (κ1) is 19.4. The molecule has 0 aliphatic carbocycles. The number of oxime groups is 1. The van der Waals surface area contributed by atoms with E-state index in [1.807, 2.05) is 12.1 Å². The van der Waals surface area contributed by atoms with Gasteiger partial charge in [0.2, 0.25) is 0 Å². The normalized spacial score (nSPS) is 15.7. The van der Waals surface area contributed by atoms with Crippen molar-refractivity contribution in [1.82, 2.24) is 15.5 Å². The summed E-state index contributed by atoms with van der Waals surface area (Å²) in [7, 11) is 0. The molecule has 0 fully saturated rings. The maximum atomic E-state index is 12.3. The number of nitrogens with one attached hydrogen (secondary N) is 1. The highest BCUT2D eigenvalue weighted by atomic mass is 35.5. The average molecular weight is 431 g/mol. The first-order valence-electron chi connectivity index (χ1n) is 8.90. The number of rotatable bonds is 6. The van der Waals surface area contributed by atoms with Crippen molar-refractivity contribution < 1.29 is 14.2 Å². The number of halogens is 2. The van der Waals surface area contributed by atoms with E-state index in [1.165, 1.54) is 0 Å². The van der Waals surface area contributed by atoms with E-state index in [4.69, 9.17) is 32.6 Å². The Morgan fingerprint density at radius 2 is 1.97 bits per heavy atom. The molecule has 2 aromatic carbocycles. The largest absolute Gasteiger partial charge is 0.391 e. The van der Waals surface area contributed by atoms with Gasteiger partial charge < -0.3 is 14.7 Å². The van der Waals surface area contributed by atoms with Crippen molar-refractivity contribution in [1.29, 1.82) is 0 Å². The van der Waals surface area contributed by atoms with Crippen LogP contribution in [0.4, 0.5) is 0 Å². The smallest absolute Gasteiger partial charge is 0.269 e. The topological polar surface area (TPSA) is 89.6 Å². The third-order valence-corrected chi connectivity index (χ3v) is 4.79. The van der Waals surface area contributed by atoms with E-state index in [9.17, 15) is 4.79 Å². The van der Waals surface area contributed by atoms with Crippen LogP contribution in [0.3, 0.4) is 0 Å². The summed E-state index contributed by atoms with van der Waals surface area (Å²) in [5, 5.41) is 11.9. The van der Waals surface area contributed by atoms with E-state index < -0.39 is 0 Å². The molecular weight excluding hydrogens is 415 g/mol. The molecule has 0 bridgehead atoms. The Labute approximate surface area is 176 Å². The first-order valence-corrected chi connectivity index (χ1v) is 9.66. The quantitative estimate of drug-likeness (QED) is 0.636. The third-order valence-electron chi connectivity index (χ3n) is 4.31. The molecule has 0 spiro atoms. The summed E-state index contributed by atoms with van der Waals surface area (Å²) < 4.78 is 5.29. The average Bonchev–Trinajstić information content (AvgIpc) is 3.37. The van der Waals surface area contributed by atoms with Crippen LogP contribution in [0.5, 0.6) is 0 Å². The minimum atomic E-state index is -0.322. The van der Waals surface area contributed by atoms with Crippen LogP contribution < -0.4 is 5.32 Å². The molecule has 1 amide bonds. The monoisotopic (exact) mass is 430 g/mol. The lowest BCUT2D eigenvalue weighted by Crippen LogP contribution is -2.30. The van der Waals surface area contributed by atoms with E-state index in [2.05, 4.69) is 20.6 Å². The SMILES string of the molecule is O=C(NCc1cccc(Cl)c1)C1=NO[C@H](Cc2noc(-c3ccc(Cl)cc3)n2)C1. The van der Waals surface area contributed by atoms with Crippen LogP contribution in [0.2, 0.25) is 10.0 Å². The van der Waals surface area contributed by atoms with Gasteiger partial charge in [0.1, 0.15) is 11.8 Å². The summed E-state index contributed by atoms with van der Waals surface area (Å²) in [6.07, 6.45) is 0.426. The highest BCUT2D eigenvalue weighted by Crippen LogP contribution is 2.21. The van der Waals surface area contributed by atoms with Crippen molar-refractivity contribution in [2.45, 2.75) is 25.5 Å². The first-order chi connectivity index (χ1) is 14.1. The molecule has 0 saturated heterocycles. The Balaban J connectivity index is 1.29.